The van der Waals surface area contributed by atoms with Crippen molar-refractivity contribution in [2.24, 2.45) is 0 Å². The van der Waals surface area contributed by atoms with Crippen molar-refractivity contribution < 1.29 is 48.8 Å². The predicted octanol–water partition coefficient (Wildman–Crippen LogP) is 4.82. The number of phenolic OH excluding ortho intramolecular Hbond substituents is 2. The highest BCUT2D eigenvalue weighted by Crippen LogP contribution is 2.29. The monoisotopic (exact) mass is 780 g/mol. The molecule has 6 aromatic rings. The minimum atomic E-state index is -1.47. The van der Waals surface area contributed by atoms with Crippen LogP contribution in [0.3, 0.4) is 0 Å². The van der Waals surface area contributed by atoms with Crippen LogP contribution in [0.25, 0.3) is 11.3 Å². The molecule has 0 saturated heterocycles. The second-order valence-corrected chi connectivity index (χ2v) is 12.0. The van der Waals surface area contributed by atoms with Gasteiger partial charge in [0.05, 0.1) is 34.1 Å². The number of benzene rings is 4. The summed E-state index contributed by atoms with van der Waals surface area (Å²) in [7, 11) is 4.18. The minimum absolute atomic E-state index is 0.113. The van der Waals surface area contributed by atoms with Crippen LogP contribution in [0.15, 0.2) is 110 Å². The molecule has 0 aliphatic carbocycles. The Labute approximate surface area is 328 Å². The van der Waals surface area contributed by atoms with Gasteiger partial charge in [0, 0.05) is 35.3 Å². The van der Waals surface area contributed by atoms with Gasteiger partial charge in [0.15, 0.2) is 0 Å². The van der Waals surface area contributed by atoms with Gasteiger partial charge in [-0.1, -0.05) is 54.1 Å². The molecule has 4 aromatic carbocycles. The average molecular weight is 781 g/mol. The Hall–Kier alpha value is -6.55. The Morgan fingerprint density at radius 2 is 1.12 bits per heavy atom. The van der Waals surface area contributed by atoms with E-state index in [0.29, 0.717) is 29.2 Å². The molecule has 4 N–H and O–H groups in total. The van der Waals surface area contributed by atoms with Crippen molar-refractivity contribution in [1.82, 2.24) is 19.9 Å². The third-order valence-electron chi connectivity index (χ3n) is 7.92. The van der Waals surface area contributed by atoms with E-state index in [1.807, 2.05) is 30.3 Å². The zero-order chi connectivity index (χ0) is 40.6. The van der Waals surface area contributed by atoms with Crippen LogP contribution in [-0.4, -0.2) is 87.7 Å². The number of halogens is 1. The lowest BCUT2D eigenvalue weighted by Gasteiger charge is -2.09. The zero-order valence-electron chi connectivity index (χ0n) is 30.8. The summed E-state index contributed by atoms with van der Waals surface area (Å²) in [6.07, 6.45) is 3.83. The molecule has 2 heterocycles. The van der Waals surface area contributed by atoms with Gasteiger partial charge in [0.2, 0.25) is 0 Å². The number of nitrogens with zero attached hydrogens (tertiary/aromatic N) is 4. The van der Waals surface area contributed by atoms with Crippen LogP contribution in [0.5, 0.6) is 23.0 Å². The number of aromatic hydroxyl groups is 2. The van der Waals surface area contributed by atoms with Gasteiger partial charge in [-0.05, 0) is 65.7 Å². The SMILES string of the molecule is COC(=O)c1cc(Cc2cc(-c3ccccc3OC)ncn2)ccc1O.COC(=O)c1cc(Cc2cc(Cl)ncn2)ccc1O.COc1ccccc1B(O)O. The second-order valence-electron chi connectivity index (χ2n) is 11.6. The molecule has 0 fully saturated rings. The highest BCUT2D eigenvalue weighted by atomic mass is 35.5. The van der Waals surface area contributed by atoms with Gasteiger partial charge in [0.25, 0.3) is 0 Å². The number of carbonyl (C=O) groups is 2. The summed E-state index contributed by atoms with van der Waals surface area (Å²) in [6.45, 7) is 0. The van der Waals surface area contributed by atoms with Gasteiger partial charge in [-0.2, -0.15) is 0 Å². The second kappa shape index (κ2) is 20.8. The maximum atomic E-state index is 11.7. The van der Waals surface area contributed by atoms with E-state index in [1.54, 1.807) is 61.7 Å². The Morgan fingerprint density at radius 3 is 1.62 bits per heavy atom. The van der Waals surface area contributed by atoms with E-state index in [9.17, 15) is 19.8 Å². The summed E-state index contributed by atoms with van der Waals surface area (Å²) in [6, 6.07) is 27.5. The van der Waals surface area contributed by atoms with Crippen LogP contribution in [0.4, 0.5) is 0 Å². The van der Waals surface area contributed by atoms with Crippen LogP contribution < -0.4 is 14.9 Å². The lowest BCUT2D eigenvalue weighted by molar-refractivity contribution is 0.0588. The molecule has 6 rings (SSSR count). The molecule has 0 aliphatic heterocycles. The zero-order valence-corrected chi connectivity index (χ0v) is 31.5. The Balaban J connectivity index is 0.000000203. The van der Waals surface area contributed by atoms with Crippen molar-refractivity contribution in [3.8, 4) is 34.3 Å². The normalized spacial score (nSPS) is 10.1. The summed E-state index contributed by atoms with van der Waals surface area (Å²) in [5.41, 5.74) is 5.41. The predicted molar refractivity (Wildman–Crippen MR) is 208 cm³/mol. The lowest BCUT2D eigenvalue weighted by Crippen LogP contribution is -2.30. The molecule has 0 atom stereocenters. The highest BCUT2D eigenvalue weighted by molar-refractivity contribution is 6.59. The standard InChI is InChI=1S/C20H18N2O4.C13H11ClN2O3.C7H9BO3/c1-25-19-6-4-3-5-15(19)17-11-14(21-12-22-17)9-13-7-8-18(23)16(10-13)20(24)26-2;1-19-13(18)10-5-8(2-3-11(10)17)4-9-6-12(14)16-7-15-9;1-11-7-5-3-2-4-6(7)8(9)10/h3-8,10-12,23H,9H2,1-2H3;2-3,5-7,17H,4H2,1H3;2-5,9-10H,1H3. The molecule has 0 aliphatic rings. The number of rotatable bonds is 10. The van der Waals surface area contributed by atoms with Crippen molar-refractivity contribution >= 4 is 36.1 Å². The first-order valence-corrected chi connectivity index (χ1v) is 17.1. The number of ether oxygens (including phenoxy) is 4. The molecular weight excluding hydrogens is 743 g/mol. The summed E-state index contributed by atoms with van der Waals surface area (Å²) in [4.78, 5) is 39.7. The summed E-state index contributed by atoms with van der Waals surface area (Å²) in [5, 5.41) is 37.4. The molecule has 288 valence electrons. The molecule has 0 bridgehead atoms. The number of aromatic nitrogens is 4. The van der Waals surface area contributed by atoms with E-state index in [0.717, 1.165) is 39.5 Å². The van der Waals surface area contributed by atoms with E-state index < -0.39 is 19.1 Å². The van der Waals surface area contributed by atoms with Crippen LogP contribution in [0.2, 0.25) is 5.15 Å². The van der Waals surface area contributed by atoms with Gasteiger partial charge in [-0.3, -0.25) is 0 Å². The average Bonchev–Trinajstić information content (AvgIpc) is 3.22. The van der Waals surface area contributed by atoms with Gasteiger partial charge < -0.3 is 39.2 Å². The fraction of sp³-hybridized carbons (Fsp3) is 0.150. The fourth-order valence-electron chi connectivity index (χ4n) is 5.20. The lowest BCUT2D eigenvalue weighted by atomic mass is 9.80. The van der Waals surface area contributed by atoms with Gasteiger partial charge in [-0.25, -0.2) is 29.5 Å². The van der Waals surface area contributed by atoms with Crippen molar-refractivity contribution in [2.75, 3.05) is 28.4 Å². The number of phenols is 2. The number of hydrogen-bond acceptors (Lipinski definition) is 14. The number of carbonyl (C=O) groups excluding carboxylic acids is 2. The Bertz CT molecular complexity index is 2260. The van der Waals surface area contributed by atoms with Crippen molar-refractivity contribution in [2.45, 2.75) is 12.8 Å². The number of esters is 2. The van der Waals surface area contributed by atoms with Gasteiger partial charge in [0.1, 0.15) is 51.9 Å². The molecule has 0 amide bonds. The summed E-state index contributed by atoms with van der Waals surface area (Å²) >= 11 is 5.78. The number of hydrogen-bond donors (Lipinski definition) is 4. The molecule has 0 unspecified atom stereocenters. The Kier molecular flexibility index (Phi) is 15.7. The van der Waals surface area contributed by atoms with E-state index in [1.165, 1.54) is 46.1 Å². The molecule has 2 aromatic heterocycles. The highest BCUT2D eigenvalue weighted by Gasteiger charge is 2.16. The largest absolute Gasteiger partial charge is 0.507 e. The number of para-hydroxylation sites is 2. The molecule has 0 radical (unpaired) electrons. The first-order chi connectivity index (χ1) is 27.0. The molecule has 14 nitrogen and oxygen atoms in total. The number of methoxy groups -OCH3 is 4. The molecular formula is C40H38BClN4O10. The molecule has 56 heavy (non-hydrogen) atoms. The van der Waals surface area contributed by atoms with Crippen molar-refractivity contribution in [3.05, 3.63) is 149 Å². The van der Waals surface area contributed by atoms with Crippen molar-refractivity contribution in [3.63, 3.8) is 0 Å². The maximum Gasteiger partial charge on any atom is 0.492 e. The van der Waals surface area contributed by atoms with Crippen LogP contribution in [0, 0.1) is 0 Å². The van der Waals surface area contributed by atoms with E-state index in [4.69, 9.17) is 31.1 Å². The van der Waals surface area contributed by atoms with Gasteiger partial charge in [-0.15, -0.1) is 0 Å². The van der Waals surface area contributed by atoms with Crippen LogP contribution >= 0.6 is 11.6 Å². The third kappa shape index (κ3) is 11.7. The topological polar surface area (TPSA) is 204 Å². The van der Waals surface area contributed by atoms with E-state index >= 15 is 0 Å². The molecule has 0 spiro atoms. The van der Waals surface area contributed by atoms with E-state index in [-0.39, 0.29) is 22.6 Å². The quantitative estimate of drug-likeness (QED) is 0.0837. The molecule has 16 heteroatoms. The minimum Gasteiger partial charge on any atom is -0.507 e. The summed E-state index contributed by atoms with van der Waals surface area (Å²) < 4.78 is 19.6. The van der Waals surface area contributed by atoms with Gasteiger partial charge >= 0.3 is 19.1 Å². The fourth-order valence-corrected chi connectivity index (χ4v) is 5.37. The van der Waals surface area contributed by atoms with Crippen molar-refractivity contribution in [1.29, 1.82) is 0 Å². The maximum absolute atomic E-state index is 11.7. The Morgan fingerprint density at radius 1 is 0.625 bits per heavy atom. The van der Waals surface area contributed by atoms with E-state index in [2.05, 4.69) is 29.4 Å². The summed E-state index contributed by atoms with van der Waals surface area (Å²) in [5.74, 6) is -0.173. The van der Waals surface area contributed by atoms with Crippen LogP contribution in [-0.2, 0) is 22.3 Å². The first-order valence-electron chi connectivity index (χ1n) is 16.7. The third-order valence-corrected chi connectivity index (χ3v) is 8.12. The van der Waals surface area contributed by atoms with Crippen LogP contribution in [0.1, 0.15) is 43.2 Å². The first kappa shape index (κ1) is 42.2. The smallest absolute Gasteiger partial charge is 0.492 e. The molecule has 0 saturated carbocycles.